The fraction of sp³-hybridized carbons (Fsp3) is 0.786. The molecule has 0 bridgehead atoms. The molecule has 1 aliphatic rings. The Morgan fingerprint density at radius 3 is 2.52 bits per heavy atom. The number of piperidine rings is 1. The van der Waals surface area contributed by atoms with E-state index in [1.165, 1.54) is 0 Å². The van der Waals surface area contributed by atoms with Crippen LogP contribution >= 0.6 is 11.8 Å². The van der Waals surface area contributed by atoms with Gasteiger partial charge in [-0.1, -0.05) is 6.08 Å². The van der Waals surface area contributed by atoms with Gasteiger partial charge in [-0.25, -0.2) is 8.42 Å². The number of alkyl halides is 3. The first-order valence-electron chi connectivity index (χ1n) is 7.92. The van der Waals surface area contributed by atoms with E-state index in [-0.39, 0.29) is 19.0 Å². The third kappa shape index (κ3) is 7.06. The van der Waals surface area contributed by atoms with E-state index >= 15 is 0 Å². The maximum absolute atomic E-state index is 12.5. The molecular weight excluding hydrogens is 377 g/mol. The highest BCUT2D eigenvalue weighted by Crippen LogP contribution is 2.30. The SMILES string of the molecule is C=CCSCCNC(=NC)NCC1CCN(S(=O)(=O)C(F)(F)F)CC1. The van der Waals surface area contributed by atoms with E-state index in [1.54, 1.807) is 18.8 Å². The highest BCUT2D eigenvalue weighted by molar-refractivity contribution is 7.99. The summed E-state index contributed by atoms with van der Waals surface area (Å²) in [4.78, 5) is 4.09. The van der Waals surface area contributed by atoms with Gasteiger partial charge in [0.05, 0.1) is 0 Å². The molecular formula is C14H25F3N4O2S2. The minimum atomic E-state index is -5.23. The summed E-state index contributed by atoms with van der Waals surface area (Å²) in [5, 5.41) is 6.28. The third-order valence-electron chi connectivity index (χ3n) is 3.76. The number of hydrogen-bond donors (Lipinski definition) is 2. The van der Waals surface area contributed by atoms with Crippen LogP contribution < -0.4 is 10.6 Å². The first-order valence-corrected chi connectivity index (χ1v) is 10.5. The van der Waals surface area contributed by atoms with Crippen molar-refractivity contribution in [3.05, 3.63) is 12.7 Å². The summed E-state index contributed by atoms with van der Waals surface area (Å²) in [6.07, 6.45) is 2.60. The van der Waals surface area contributed by atoms with Crippen LogP contribution in [0.1, 0.15) is 12.8 Å². The van der Waals surface area contributed by atoms with Gasteiger partial charge in [0, 0.05) is 44.7 Å². The Morgan fingerprint density at radius 1 is 1.36 bits per heavy atom. The Hall–Kier alpha value is -0.940. The number of thioether (sulfide) groups is 1. The first-order chi connectivity index (χ1) is 11.7. The minimum Gasteiger partial charge on any atom is -0.356 e. The molecule has 0 aliphatic carbocycles. The third-order valence-corrected chi connectivity index (χ3v) is 6.36. The van der Waals surface area contributed by atoms with Crippen molar-refractivity contribution in [2.45, 2.75) is 18.3 Å². The van der Waals surface area contributed by atoms with Crippen LogP contribution in [0.25, 0.3) is 0 Å². The summed E-state index contributed by atoms with van der Waals surface area (Å²) in [7, 11) is -3.57. The van der Waals surface area contributed by atoms with Crippen molar-refractivity contribution in [3.8, 4) is 0 Å². The van der Waals surface area contributed by atoms with Crippen molar-refractivity contribution in [1.82, 2.24) is 14.9 Å². The van der Waals surface area contributed by atoms with Crippen molar-refractivity contribution < 1.29 is 21.6 Å². The second kappa shape index (κ2) is 10.3. The zero-order valence-corrected chi connectivity index (χ0v) is 15.8. The standard InChI is InChI=1S/C14H25F3N4O2S2/c1-3-9-24-10-6-19-13(18-2)20-11-12-4-7-21(8-5-12)25(22,23)14(15,16)17/h3,12H,1,4-11H2,2H3,(H2,18,19,20). The monoisotopic (exact) mass is 402 g/mol. The number of nitrogens with one attached hydrogen (secondary N) is 2. The number of sulfonamides is 1. The molecule has 1 fully saturated rings. The number of nitrogens with zero attached hydrogens (tertiary/aromatic N) is 2. The minimum absolute atomic E-state index is 0.105. The van der Waals surface area contributed by atoms with Crippen LogP contribution in [0.3, 0.4) is 0 Å². The molecule has 0 aromatic rings. The van der Waals surface area contributed by atoms with E-state index in [0.717, 1.165) is 18.1 Å². The Balaban J connectivity index is 2.33. The molecule has 1 aliphatic heterocycles. The van der Waals surface area contributed by atoms with Gasteiger partial charge in [0.2, 0.25) is 0 Å². The van der Waals surface area contributed by atoms with Gasteiger partial charge in [0.1, 0.15) is 0 Å². The summed E-state index contributed by atoms with van der Waals surface area (Å²) < 4.78 is 60.9. The molecule has 146 valence electrons. The predicted molar refractivity (Wildman–Crippen MR) is 96.2 cm³/mol. The summed E-state index contributed by atoms with van der Waals surface area (Å²) in [5.74, 6) is 2.52. The maximum atomic E-state index is 12.5. The summed E-state index contributed by atoms with van der Waals surface area (Å²) in [6.45, 7) is 4.70. The molecule has 6 nitrogen and oxygen atoms in total. The van der Waals surface area contributed by atoms with Crippen LogP contribution in [-0.2, 0) is 10.0 Å². The first kappa shape index (κ1) is 22.1. The zero-order valence-electron chi connectivity index (χ0n) is 14.2. The second-order valence-electron chi connectivity index (χ2n) is 5.54. The zero-order chi connectivity index (χ0) is 18.9. The highest BCUT2D eigenvalue weighted by Gasteiger charge is 2.50. The molecule has 11 heteroatoms. The maximum Gasteiger partial charge on any atom is 0.511 e. The van der Waals surface area contributed by atoms with Crippen LogP contribution in [0.15, 0.2) is 17.6 Å². The van der Waals surface area contributed by atoms with E-state index in [1.807, 2.05) is 6.08 Å². The van der Waals surface area contributed by atoms with Crippen molar-refractivity contribution in [2.75, 3.05) is 44.7 Å². The fourth-order valence-corrected chi connectivity index (χ4v) is 3.93. The topological polar surface area (TPSA) is 73.8 Å². The van der Waals surface area contributed by atoms with Gasteiger partial charge in [-0.15, -0.1) is 6.58 Å². The van der Waals surface area contributed by atoms with Crippen molar-refractivity contribution in [1.29, 1.82) is 0 Å². The average Bonchev–Trinajstić information content (AvgIpc) is 2.56. The summed E-state index contributed by atoms with van der Waals surface area (Å²) in [5.41, 5.74) is -5.23. The molecule has 1 saturated heterocycles. The van der Waals surface area contributed by atoms with Crippen LogP contribution in [0, 0.1) is 5.92 Å². The van der Waals surface area contributed by atoms with Crippen LogP contribution in [-0.4, -0.2) is 68.9 Å². The van der Waals surface area contributed by atoms with Crippen LogP contribution in [0.5, 0.6) is 0 Å². The molecule has 25 heavy (non-hydrogen) atoms. The van der Waals surface area contributed by atoms with Gasteiger partial charge in [-0.3, -0.25) is 4.99 Å². The number of aliphatic imine (C=N–C) groups is 1. The molecule has 2 N–H and O–H groups in total. The smallest absolute Gasteiger partial charge is 0.356 e. The van der Waals surface area contributed by atoms with Crippen molar-refractivity contribution >= 4 is 27.7 Å². The number of halogens is 3. The average molecular weight is 403 g/mol. The van der Waals surface area contributed by atoms with E-state index in [9.17, 15) is 21.6 Å². The largest absolute Gasteiger partial charge is 0.511 e. The van der Waals surface area contributed by atoms with E-state index in [2.05, 4.69) is 22.2 Å². The predicted octanol–water partition coefficient (Wildman–Crippen LogP) is 1.63. The van der Waals surface area contributed by atoms with Crippen LogP contribution in [0.2, 0.25) is 0 Å². The molecule has 0 radical (unpaired) electrons. The lowest BCUT2D eigenvalue weighted by Crippen LogP contribution is -2.47. The molecule has 0 amide bonds. The molecule has 1 rings (SSSR count). The van der Waals surface area contributed by atoms with Gasteiger partial charge in [-0.05, 0) is 18.8 Å². The molecule has 0 saturated carbocycles. The van der Waals surface area contributed by atoms with E-state index < -0.39 is 15.5 Å². The molecule has 0 aromatic heterocycles. The number of hydrogen-bond acceptors (Lipinski definition) is 4. The Labute approximate surface area is 151 Å². The highest BCUT2D eigenvalue weighted by atomic mass is 32.2. The van der Waals surface area contributed by atoms with Crippen molar-refractivity contribution in [3.63, 3.8) is 0 Å². The van der Waals surface area contributed by atoms with Gasteiger partial charge in [0.25, 0.3) is 0 Å². The normalized spacial score (nSPS) is 18.2. The van der Waals surface area contributed by atoms with Gasteiger partial charge in [-0.2, -0.15) is 29.2 Å². The Kier molecular flexibility index (Phi) is 9.08. The molecule has 0 aromatic carbocycles. The Bertz CT molecular complexity index is 545. The lowest BCUT2D eigenvalue weighted by Gasteiger charge is -2.31. The molecule has 0 atom stereocenters. The molecule has 1 heterocycles. The fourth-order valence-electron chi connectivity index (χ4n) is 2.37. The number of guanidine groups is 1. The van der Waals surface area contributed by atoms with Crippen LogP contribution in [0.4, 0.5) is 13.2 Å². The quantitative estimate of drug-likeness (QED) is 0.279. The Morgan fingerprint density at radius 2 is 2.00 bits per heavy atom. The summed E-state index contributed by atoms with van der Waals surface area (Å²) in [6, 6.07) is 0. The number of rotatable bonds is 8. The second-order valence-corrected chi connectivity index (χ2v) is 8.62. The van der Waals surface area contributed by atoms with Gasteiger partial charge in [0.15, 0.2) is 5.96 Å². The lowest BCUT2D eigenvalue weighted by atomic mass is 9.98. The lowest BCUT2D eigenvalue weighted by molar-refractivity contribution is -0.0496. The summed E-state index contributed by atoms with van der Waals surface area (Å²) >= 11 is 1.74. The molecule has 0 spiro atoms. The van der Waals surface area contributed by atoms with E-state index in [0.29, 0.717) is 29.7 Å². The molecule has 0 unspecified atom stereocenters. The van der Waals surface area contributed by atoms with Gasteiger partial charge >= 0.3 is 15.5 Å². The van der Waals surface area contributed by atoms with Crippen molar-refractivity contribution in [2.24, 2.45) is 10.9 Å². The van der Waals surface area contributed by atoms with E-state index in [4.69, 9.17) is 0 Å². The van der Waals surface area contributed by atoms with Gasteiger partial charge < -0.3 is 10.6 Å².